The van der Waals surface area contributed by atoms with Crippen LogP contribution in [0.4, 0.5) is 11.4 Å². The monoisotopic (exact) mass is 478 g/mol. The second kappa shape index (κ2) is 9.02. The number of aryl methyl sites for hydroxylation is 1. The Morgan fingerprint density at radius 3 is 2.56 bits per heavy atom. The molecular weight excluding hydrogens is 460 g/mol. The van der Waals surface area contributed by atoms with Crippen LogP contribution in [0, 0.1) is 6.92 Å². The molecule has 0 saturated heterocycles. The molecule has 1 aromatic heterocycles. The molecular formula is C24H19ClN4OS2. The Morgan fingerprint density at radius 1 is 0.969 bits per heavy atom. The number of benzene rings is 3. The highest BCUT2D eigenvalue weighted by atomic mass is 35.5. The third-order valence-electron chi connectivity index (χ3n) is 5.15. The lowest BCUT2D eigenvalue weighted by atomic mass is 10.2. The van der Waals surface area contributed by atoms with Crippen LogP contribution in [0.2, 0.25) is 5.02 Å². The number of carbonyl (C=O) groups excluding carboxylic acids is 1. The highest BCUT2D eigenvalue weighted by Gasteiger charge is 2.28. The van der Waals surface area contributed by atoms with Crippen LogP contribution < -0.4 is 4.90 Å². The number of hydrogen-bond acceptors (Lipinski definition) is 5. The largest absolute Gasteiger partial charge is 0.302 e. The van der Waals surface area contributed by atoms with Gasteiger partial charge in [-0.2, -0.15) is 0 Å². The molecule has 0 atom stereocenters. The van der Waals surface area contributed by atoms with Gasteiger partial charge in [0.1, 0.15) is 5.82 Å². The van der Waals surface area contributed by atoms with Gasteiger partial charge in [-0.05, 0) is 42.8 Å². The normalized spacial score (nSPS) is 12.4. The maximum Gasteiger partial charge on any atom is 0.242 e. The van der Waals surface area contributed by atoms with Crippen molar-refractivity contribution in [3.63, 3.8) is 0 Å². The molecule has 160 valence electrons. The third-order valence-corrected chi connectivity index (χ3v) is 7.46. The third kappa shape index (κ3) is 4.16. The number of hydrogen-bond donors (Lipinski definition) is 0. The quantitative estimate of drug-likeness (QED) is 0.319. The van der Waals surface area contributed by atoms with E-state index in [1.165, 1.54) is 11.8 Å². The molecule has 3 aromatic carbocycles. The standard InChI is InChI=1S/C24H19ClN4OS2/c1-16-26-27-24(28(16)14-17-7-3-2-4-8-17)31-15-23(30)29-19-9-5-6-10-21(19)32-22-12-11-18(25)13-20(22)29/h2-13H,14-15H2,1H3. The van der Waals surface area contributed by atoms with Crippen LogP contribution in [0.25, 0.3) is 0 Å². The molecule has 0 aliphatic carbocycles. The number of amides is 1. The molecule has 0 radical (unpaired) electrons. The molecule has 0 spiro atoms. The van der Waals surface area contributed by atoms with Crippen LogP contribution >= 0.6 is 35.1 Å². The average molecular weight is 479 g/mol. The van der Waals surface area contributed by atoms with Gasteiger partial charge < -0.3 is 4.57 Å². The van der Waals surface area contributed by atoms with Crippen molar-refractivity contribution in [1.29, 1.82) is 0 Å². The first-order chi connectivity index (χ1) is 15.6. The Kier molecular flexibility index (Phi) is 5.95. The summed E-state index contributed by atoms with van der Waals surface area (Å²) in [6.07, 6.45) is 0. The van der Waals surface area contributed by atoms with Gasteiger partial charge in [0.05, 0.1) is 23.7 Å². The summed E-state index contributed by atoms with van der Waals surface area (Å²) in [6.45, 7) is 2.59. The number of nitrogens with zero attached hydrogens (tertiary/aromatic N) is 4. The second-order valence-electron chi connectivity index (χ2n) is 7.30. The molecule has 0 bridgehead atoms. The minimum Gasteiger partial charge on any atom is -0.302 e. The zero-order valence-electron chi connectivity index (χ0n) is 17.2. The van der Waals surface area contributed by atoms with Gasteiger partial charge in [0.15, 0.2) is 5.16 Å². The lowest BCUT2D eigenvalue weighted by Crippen LogP contribution is -2.30. The van der Waals surface area contributed by atoms with Crippen molar-refractivity contribution in [2.24, 2.45) is 0 Å². The minimum atomic E-state index is -0.0295. The van der Waals surface area contributed by atoms with E-state index in [1.807, 2.05) is 72.2 Å². The van der Waals surface area contributed by atoms with Gasteiger partial charge >= 0.3 is 0 Å². The molecule has 1 aliphatic heterocycles. The first-order valence-corrected chi connectivity index (χ1v) is 12.2. The summed E-state index contributed by atoms with van der Waals surface area (Å²) in [6, 6.07) is 23.8. The van der Waals surface area contributed by atoms with Crippen molar-refractivity contribution in [1.82, 2.24) is 14.8 Å². The van der Waals surface area contributed by atoms with E-state index < -0.39 is 0 Å². The topological polar surface area (TPSA) is 51.0 Å². The van der Waals surface area contributed by atoms with Crippen LogP contribution in [0.15, 0.2) is 87.7 Å². The fourth-order valence-corrected chi connectivity index (χ4v) is 5.64. The van der Waals surface area contributed by atoms with E-state index in [9.17, 15) is 4.79 Å². The van der Waals surface area contributed by atoms with E-state index in [-0.39, 0.29) is 11.7 Å². The Hall–Kier alpha value is -2.74. The van der Waals surface area contributed by atoms with E-state index in [2.05, 4.69) is 22.3 Å². The summed E-state index contributed by atoms with van der Waals surface area (Å²) in [7, 11) is 0. The lowest BCUT2D eigenvalue weighted by molar-refractivity contribution is -0.115. The number of halogens is 1. The maximum absolute atomic E-state index is 13.5. The zero-order valence-corrected chi connectivity index (χ0v) is 19.6. The second-order valence-corrected chi connectivity index (χ2v) is 9.76. The zero-order chi connectivity index (χ0) is 22.1. The minimum absolute atomic E-state index is 0.0295. The van der Waals surface area contributed by atoms with Gasteiger partial charge in [0.2, 0.25) is 5.91 Å². The molecule has 1 aliphatic rings. The van der Waals surface area contributed by atoms with Gasteiger partial charge in [-0.15, -0.1) is 10.2 Å². The SMILES string of the molecule is Cc1nnc(SCC(=O)N2c3ccccc3Sc3ccc(Cl)cc32)n1Cc1ccccc1. The molecule has 32 heavy (non-hydrogen) atoms. The summed E-state index contributed by atoms with van der Waals surface area (Å²) in [5.41, 5.74) is 2.85. The number of thioether (sulfide) groups is 1. The van der Waals surface area contributed by atoms with Gasteiger partial charge in [-0.3, -0.25) is 9.69 Å². The van der Waals surface area contributed by atoms with E-state index in [1.54, 1.807) is 16.7 Å². The smallest absolute Gasteiger partial charge is 0.242 e. The molecule has 2 heterocycles. The molecule has 0 fully saturated rings. The summed E-state index contributed by atoms with van der Waals surface area (Å²) < 4.78 is 2.04. The summed E-state index contributed by atoms with van der Waals surface area (Å²) in [4.78, 5) is 17.3. The van der Waals surface area contributed by atoms with Gasteiger partial charge in [0.25, 0.3) is 0 Å². The van der Waals surface area contributed by atoms with Gasteiger partial charge in [-0.25, -0.2) is 0 Å². The number of para-hydroxylation sites is 1. The molecule has 0 unspecified atom stereocenters. The van der Waals surface area contributed by atoms with Crippen molar-refractivity contribution in [3.05, 3.63) is 89.2 Å². The first-order valence-electron chi connectivity index (χ1n) is 10.1. The van der Waals surface area contributed by atoms with Crippen molar-refractivity contribution in [2.75, 3.05) is 10.7 Å². The fraction of sp³-hybridized carbons (Fsp3) is 0.125. The predicted octanol–water partition coefficient (Wildman–Crippen LogP) is 6.21. The van der Waals surface area contributed by atoms with Crippen LogP contribution in [0.5, 0.6) is 0 Å². The molecule has 0 saturated carbocycles. The Bertz CT molecular complexity index is 1290. The van der Waals surface area contributed by atoms with Crippen LogP contribution in [0.3, 0.4) is 0 Å². The number of carbonyl (C=O) groups is 1. The van der Waals surface area contributed by atoms with Crippen molar-refractivity contribution < 1.29 is 4.79 Å². The molecule has 1 amide bonds. The molecule has 5 nitrogen and oxygen atoms in total. The van der Waals surface area contributed by atoms with E-state index in [0.717, 1.165) is 37.7 Å². The van der Waals surface area contributed by atoms with E-state index in [4.69, 9.17) is 11.6 Å². The van der Waals surface area contributed by atoms with Crippen LogP contribution in [-0.4, -0.2) is 26.4 Å². The van der Waals surface area contributed by atoms with E-state index in [0.29, 0.717) is 11.6 Å². The van der Waals surface area contributed by atoms with Crippen molar-refractivity contribution >= 4 is 52.4 Å². The molecule has 4 aromatic rings. The Morgan fingerprint density at radius 2 is 1.72 bits per heavy atom. The van der Waals surface area contributed by atoms with E-state index >= 15 is 0 Å². The van der Waals surface area contributed by atoms with Gasteiger partial charge in [-0.1, -0.05) is 77.6 Å². The molecule has 8 heteroatoms. The lowest BCUT2D eigenvalue weighted by Gasteiger charge is -2.31. The average Bonchev–Trinajstić information content (AvgIpc) is 3.15. The molecule has 0 N–H and O–H groups in total. The van der Waals surface area contributed by atoms with Crippen molar-refractivity contribution in [3.8, 4) is 0 Å². The summed E-state index contributed by atoms with van der Waals surface area (Å²) in [5.74, 6) is 1.02. The van der Waals surface area contributed by atoms with Crippen molar-refractivity contribution in [2.45, 2.75) is 28.4 Å². The van der Waals surface area contributed by atoms with Crippen LogP contribution in [0.1, 0.15) is 11.4 Å². The first kappa shape index (κ1) is 21.1. The number of anilines is 2. The fourth-order valence-electron chi connectivity index (χ4n) is 3.60. The maximum atomic E-state index is 13.5. The number of aromatic nitrogens is 3. The summed E-state index contributed by atoms with van der Waals surface area (Å²) >= 11 is 9.32. The molecule has 5 rings (SSSR count). The highest BCUT2D eigenvalue weighted by molar-refractivity contribution is 8.00. The number of rotatable bonds is 5. The van der Waals surface area contributed by atoms with Crippen LogP contribution in [-0.2, 0) is 11.3 Å². The highest BCUT2D eigenvalue weighted by Crippen LogP contribution is 2.49. The Balaban J connectivity index is 1.41. The number of fused-ring (bicyclic) bond motifs is 2. The Labute approximate surface area is 199 Å². The predicted molar refractivity (Wildman–Crippen MR) is 130 cm³/mol. The summed E-state index contributed by atoms with van der Waals surface area (Å²) in [5, 5.41) is 9.88. The van der Waals surface area contributed by atoms with Gasteiger partial charge in [0, 0.05) is 14.8 Å².